The maximum absolute atomic E-state index is 5.83. The van der Waals surface area contributed by atoms with Gasteiger partial charge in [-0.05, 0) is 6.92 Å². The van der Waals surface area contributed by atoms with Gasteiger partial charge in [-0.3, -0.25) is 4.84 Å². The van der Waals surface area contributed by atoms with Gasteiger partial charge in [0.25, 0.3) is 0 Å². The highest BCUT2D eigenvalue weighted by molar-refractivity contribution is 6.21. The number of nitrogens with zero attached hydrogens (tertiary/aromatic N) is 2. The number of amidine groups is 1. The van der Waals surface area contributed by atoms with Crippen molar-refractivity contribution in [3.05, 3.63) is 12.7 Å². The van der Waals surface area contributed by atoms with Crippen molar-refractivity contribution in [3.63, 3.8) is 0 Å². The van der Waals surface area contributed by atoms with Crippen molar-refractivity contribution < 1.29 is 4.84 Å². The Morgan fingerprint density at radius 2 is 2.54 bits per heavy atom. The molecule has 1 rings (SSSR count). The van der Waals surface area contributed by atoms with Crippen LogP contribution in [0.15, 0.2) is 17.6 Å². The molecule has 1 aliphatic rings. The third-order valence-electron chi connectivity index (χ3n) is 1.51. The van der Waals surface area contributed by atoms with Crippen LogP contribution in [0.3, 0.4) is 0 Å². The molecule has 3 N–H and O–H groups in total. The summed E-state index contributed by atoms with van der Waals surface area (Å²) in [5.41, 5.74) is -0.175. The standard InChI is InChI=1S/C8H13ClN2O.H3N/c1-3-5-8-10-7(9)6-11(8)12-4-2;/h3,7H,1,4-6H2,2H3;1H3. The molecule has 0 aromatic heterocycles. The predicted octanol–water partition coefficient (Wildman–Crippen LogP) is 1.95. The highest BCUT2D eigenvalue weighted by Gasteiger charge is 2.22. The summed E-state index contributed by atoms with van der Waals surface area (Å²) in [7, 11) is 0. The Bertz CT molecular complexity index is 196. The topological polar surface area (TPSA) is 59.8 Å². The molecular formula is C8H16ClN3O. The quantitative estimate of drug-likeness (QED) is 0.434. The van der Waals surface area contributed by atoms with Crippen LogP contribution in [0.4, 0.5) is 0 Å². The maximum Gasteiger partial charge on any atom is 0.145 e. The van der Waals surface area contributed by atoms with Gasteiger partial charge in [-0.1, -0.05) is 17.7 Å². The monoisotopic (exact) mass is 205 g/mol. The van der Waals surface area contributed by atoms with Gasteiger partial charge in [0.1, 0.15) is 11.3 Å². The lowest BCUT2D eigenvalue weighted by Gasteiger charge is -2.17. The summed E-state index contributed by atoms with van der Waals surface area (Å²) in [6, 6.07) is 0. The number of aliphatic imine (C=N–C) groups is 1. The molecule has 0 aromatic carbocycles. The molecule has 1 aliphatic heterocycles. The molecule has 0 aromatic rings. The molecule has 1 atom stereocenters. The van der Waals surface area contributed by atoms with Gasteiger partial charge in [-0.25, -0.2) is 10.1 Å². The SMILES string of the molecule is C=CCC1=NC(Cl)CN1OCC.N. The molecule has 76 valence electrons. The van der Waals surface area contributed by atoms with Crippen LogP contribution in [-0.2, 0) is 4.84 Å². The second kappa shape index (κ2) is 5.96. The van der Waals surface area contributed by atoms with Gasteiger partial charge in [-0.15, -0.1) is 6.58 Å². The molecule has 0 fully saturated rings. The smallest absolute Gasteiger partial charge is 0.145 e. The van der Waals surface area contributed by atoms with Crippen molar-refractivity contribution in [2.24, 2.45) is 4.99 Å². The summed E-state index contributed by atoms with van der Waals surface area (Å²) in [5.74, 6) is 0.867. The third-order valence-corrected chi connectivity index (χ3v) is 1.74. The summed E-state index contributed by atoms with van der Waals surface area (Å²) < 4.78 is 0. The summed E-state index contributed by atoms with van der Waals surface area (Å²) >= 11 is 5.83. The molecular weight excluding hydrogens is 190 g/mol. The zero-order valence-corrected chi connectivity index (χ0v) is 8.63. The number of rotatable bonds is 4. The molecule has 0 radical (unpaired) electrons. The van der Waals surface area contributed by atoms with Gasteiger partial charge in [0, 0.05) is 6.42 Å². The average Bonchev–Trinajstić information content (AvgIpc) is 2.33. The lowest BCUT2D eigenvalue weighted by atomic mass is 10.4. The molecule has 0 amide bonds. The van der Waals surface area contributed by atoms with Crippen molar-refractivity contribution in [3.8, 4) is 0 Å². The van der Waals surface area contributed by atoms with E-state index >= 15 is 0 Å². The number of hydrogen-bond donors (Lipinski definition) is 1. The number of halogens is 1. The lowest BCUT2D eigenvalue weighted by Crippen LogP contribution is -2.28. The van der Waals surface area contributed by atoms with Crippen LogP contribution in [0.25, 0.3) is 0 Å². The number of alkyl halides is 1. The van der Waals surface area contributed by atoms with E-state index in [-0.39, 0.29) is 11.7 Å². The lowest BCUT2D eigenvalue weighted by molar-refractivity contribution is -0.0871. The molecule has 1 unspecified atom stereocenters. The van der Waals surface area contributed by atoms with E-state index in [1.807, 2.05) is 6.92 Å². The largest absolute Gasteiger partial charge is 0.344 e. The van der Waals surface area contributed by atoms with Crippen LogP contribution < -0.4 is 6.15 Å². The van der Waals surface area contributed by atoms with Crippen molar-refractivity contribution in [1.29, 1.82) is 0 Å². The predicted molar refractivity (Wildman–Crippen MR) is 55.2 cm³/mol. The minimum atomic E-state index is -0.175. The zero-order valence-electron chi connectivity index (χ0n) is 7.87. The first-order chi connectivity index (χ1) is 5.77. The van der Waals surface area contributed by atoms with Crippen molar-refractivity contribution >= 4 is 17.4 Å². The van der Waals surface area contributed by atoms with E-state index in [0.717, 1.165) is 5.84 Å². The molecule has 5 heteroatoms. The second-order valence-electron chi connectivity index (χ2n) is 2.45. The van der Waals surface area contributed by atoms with E-state index in [1.54, 1.807) is 11.1 Å². The molecule has 0 saturated carbocycles. The second-order valence-corrected chi connectivity index (χ2v) is 2.96. The van der Waals surface area contributed by atoms with Crippen LogP contribution in [0.2, 0.25) is 0 Å². The molecule has 0 saturated heterocycles. The third kappa shape index (κ3) is 3.34. The fourth-order valence-electron chi connectivity index (χ4n) is 1.08. The normalized spacial score (nSPS) is 20.9. The Morgan fingerprint density at radius 3 is 3.08 bits per heavy atom. The molecule has 1 heterocycles. The maximum atomic E-state index is 5.83. The van der Waals surface area contributed by atoms with Gasteiger partial charge in [0.2, 0.25) is 0 Å². The Labute approximate surface area is 83.8 Å². The summed E-state index contributed by atoms with van der Waals surface area (Å²) in [5, 5.41) is 1.74. The summed E-state index contributed by atoms with van der Waals surface area (Å²) in [6.45, 7) is 6.85. The Hall–Kier alpha value is -0.580. The number of hydroxylamine groups is 2. The van der Waals surface area contributed by atoms with Crippen molar-refractivity contribution in [2.45, 2.75) is 18.8 Å². The molecule has 4 nitrogen and oxygen atoms in total. The Morgan fingerprint density at radius 1 is 1.85 bits per heavy atom. The molecule has 0 aliphatic carbocycles. The van der Waals surface area contributed by atoms with Crippen molar-refractivity contribution in [1.82, 2.24) is 11.2 Å². The first-order valence-corrected chi connectivity index (χ1v) is 4.43. The first-order valence-electron chi connectivity index (χ1n) is 4.00. The minimum absolute atomic E-state index is 0. The fourth-order valence-corrected chi connectivity index (χ4v) is 1.31. The van der Waals surface area contributed by atoms with Gasteiger partial charge >= 0.3 is 0 Å². The minimum Gasteiger partial charge on any atom is -0.344 e. The van der Waals surface area contributed by atoms with E-state index in [0.29, 0.717) is 19.6 Å². The van der Waals surface area contributed by atoms with Gasteiger partial charge in [-0.2, -0.15) is 0 Å². The summed E-state index contributed by atoms with van der Waals surface area (Å²) in [4.78, 5) is 9.50. The van der Waals surface area contributed by atoms with E-state index < -0.39 is 0 Å². The number of hydrogen-bond acceptors (Lipinski definition) is 4. The average molecular weight is 206 g/mol. The Kier molecular flexibility index (Phi) is 5.70. The van der Waals surface area contributed by atoms with E-state index in [4.69, 9.17) is 16.4 Å². The summed E-state index contributed by atoms with van der Waals surface area (Å²) in [6.07, 6.45) is 2.50. The van der Waals surface area contributed by atoms with E-state index in [9.17, 15) is 0 Å². The van der Waals surface area contributed by atoms with Crippen LogP contribution in [-0.4, -0.2) is 29.6 Å². The molecule has 0 spiro atoms. The highest BCUT2D eigenvalue weighted by atomic mass is 35.5. The zero-order chi connectivity index (χ0) is 8.97. The molecule has 13 heavy (non-hydrogen) atoms. The van der Waals surface area contributed by atoms with Crippen LogP contribution in [0, 0.1) is 0 Å². The van der Waals surface area contributed by atoms with Gasteiger partial charge < -0.3 is 6.15 Å². The van der Waals surface area contributed by atoms with Crippen molar-refractivity contribution in [2.75, 3.05) is 13.2 Å². The van der Waals surface area contributed by atoms with Crippen LogP contribution >= 0.6 is 11.6 Å². The fraction of sp³-hybridized carbons (Fsp3) is 0.625. The van der Waals surface area contributed by atoms with Crippen LogP contribution in [0.5, 0.6) is 0 Å². The van der Waals surface area contributed by atoms with Gasteiger partial charge in [0.15, 0.2) is 0 Å². The molecule has 0 bridgehead atoms. The highest BCUT2D eigenvalue weighted by Crippen LogP contribution is 2.14. The Balaban J connectivity index is 0.00000144. The van der Waals surface area contributed by atoms with E-state index in [1.165, 1.54) is 0 Å². The first kappa shape index (κ1) is 12.4. The van der Waals surface area contributed by atoms with E-state index in [2.05, 4.69) is 11.6 Å². The van der Waals surface area contributed by atoms with Crippen LogP contribution in [0.1, 0.15) is 13.3 Å². The van der Waals surface area contributed by atoms with Gasteiger partial charge in [0.05, 0.1) is 13.2 Å².